The fraction of sp³-hybridized carbons (Fsp3) is 0.214. The number of aromatic nitrogens is 1. The molecule has 1 N–H and O–H groups in total. The van der Waals surface area contributed by atoms with Gasteiger partial charge in [-0.2, -0.15) is 0 Å². The van der Waals surface area contributed by atoms with Crippen molar-refractivity contribution in [3.63, 3.8) is 0 Å². The zero-order chi connectivity index (χ0) is 14.5. The van der Waals surface area contributed by atoms with E-state index < -0.39 is 0 Å². The van der Waals surface area contributed by atoms with Crippen LogP contribution >= 0.6 is 34.8 Å². The molecule has 0 atom stereocenters. The van der Waals surface area contributed by atoms with Gasteiger partial charge in [-0.1, -0.05) is 40.9 Å². The molecule has 1 aromatic heterocycles. The molecular formula is C14H13Cl3N2O. The van der Waals surface area contributed by atoms with E-state index in [0.717, 1.165) is 11.1 Å². The van der Waals surface area contributed by atoms with Crippen LogP contribution < -0.4 is 10.1 Å². The third kappa shape index (κ3) is 3.55. The monoisotopic (exact) mass is 330 g/mol. The lowest BCUT2D eigenvalue weighted by Gasteiger charge is -2.11. The zero-order valence-corrected chi connectivity index (χ0v) is 13.1. The number of benzene rings is 1. The Morgan fingerprint density at radius 2 is 1.85 bits per heavy atom. The molecule has 2 aromatic rings. The lowest BCUT2D eigenvalue weighted by atomic mass is 10.2. The fourth-order valence-electron chi connectivity index (χ4n) is 1.80. The molecule has 1 aromatic carbocycles. The molecule has 0 aliphatic carbocycles. The second-order valence-corrected chi connectivity index (χ2v) is 5.29. The number of rotatable bonds is 5. The average molecular weight is 332 g/mol. The van der Waals surface area contributed by atoms with E-state index in [2.05, 4.69) is 10.3 Å². The minimum Gasteiger partial charge on any atom is -0.481 e. The average Bonchev–Trinajstić information content (AvgIpc) is 2.47. The highest BCUT2D eigenvalue weighted by atomic mass is 35.5. The van der Waals surface area contributed by atoms with Crippen LogP contribution in [0.3, 0.4) is 0 Å². The van der Waals surface area contributed by atoms with Gasteiger partial charge < -0.3 is 10.1 Å². The van der Waals surface area contributed by atoms with Crippen molar-refractivity contribution in [1.29, 1.82) is 0 Å². The van der Waals surface area contributed by atoms with Crippen LogP contribution in [0.1, 0.15) is 11.1 Å². The summed E-state index contributed by atoms with van der Waals surface area (Å²) in [6.07, 6.45) is 1.69. The van der Waals surface area contributed by atoms with Gasteiger partial charge in [-0.25, -0.2) is 4.98 Å². The number of hydrogen-bond acceptors (Lipinski definition) is 3. The van der Waals surface area contributed by atoms with E-state index in [-0.39, 0.29) is 0 Å². The Morgan fingerprint density at radius 1 is 1.10 bits per heavy atom. The van der Waals surface area contributed by atoms with Crippen LogP contribution in [0.2, 0.25) is 15.1 Å². The van der Waals surface area contributed by atoms with Crippen LogP contribution in [0.5, 0.6) is 5.88 Å². The molecule has 0 aliphatic heterocycles. The van der Waals surface area contributed by atoms with E-state index in [4.69, 9.17) is 39.5 Å². The Balaban J connectivity index is 2.05. The first-order valence-corrected chi connectivity index (χ1v) is 7.08. The fourth-order valence-corrected chi connectivity index (χ4v) is 2.48. The molecule has 6 heteroatoms. The largest absolute Gasteiger partial charge is 0.481 e. The summed E-state index contributed by atoms with van der Waals surface area (Å²) in [7, 11) is 1.59. The predicted octanol–water partition coefficient (Wildman–Crippen LogP) is 4.34. The Kier molecular flexibility index (Phi) is 5.49. The Labute approximate surface area is 132 Å². The van der Waals surface area contributed by atoms with Gasteiger partial charge in [0.25, 0.3) is 0 Å². The summed E-state index contributed by atoms with van der Waals surface area (Å²) in [4.78, 5) is 4.14. The maximum absolute atomic E-state index is 6.15. The highest BCUT2D eigenvalue weighted by Crippen LogP contribution is 2.31. The van der Waals surface area contributed by atoms with E-state index in [1.807, 2.05) is 12.1 Å². The van der Waals surface area contributed by atoms with E-state index >= 15 is 0 Å². The number of methoxy groups -OCH3 is 1. The lowest BCUT2D eigenvalue weighted by Crippen LogP contribution is -2.14. The molecule has 0 radical (unpaired) electrons. The van der Waals surface area contributed by atoms with Crippen molar-refractivity contribution in [3.05, 3.63) is 56.7 Å². The van der Waals surface area contributed by atoms with E-state index in [1.54, 1.807) is 25.4 Å². The summed E-state index contributed by atoms with van der Waals surface area (Å²) in [6.45, 7) is 1.10. The molecule has 2 rings (SSSR count). The number of ether oxygens (including phenoxy) is 1. The van der Waals surface area contributed by atoms with Gasteiger partial charge >= 0.3 is 0 Å². The molecular weight excluding hydrogens is 319 g/mol. The molecule has 0 bridgehead atoms. The Bertz CT molecular complexity index is 605. The first-order chi connectivity index (χ1) is 9.63. The molecule has 106 valence electrons. The topological polar surface area (TPSA) is 34.1 Å². The number of nitrogens with zero attached hydrogens (tertiary/aromatic N) is 1. The number of pyridine rings is 1. The van der Waals surface area contributed by atoms with Gasteiger partial charge in [0.05, 0.1) is 17.2 Å². The third-order valence-corrected chi connectivity index (χ3v) is 4.00. The lowest BCUT2D eigenvalue weighted by molar-refractivity contribution is 0.390. The summed E-state index contributed by atoms with van der Waals surface area (Å²) in [6, 6.07) is 7.22. The number of nitrogens with one attached hydrogen (secondary N) is 1. The van der Waals surface area contributed by atoms with Gasteiger partial charge in [0.1, 0.15) is 0 Å². The van der Waals surface area contributed by atoms with E-state index in [1.165, 1.54) is 0 Å². The van der Waals surface area contributed by atoms with Crippen LogP contribution in [0.25, 0.3) is 0 Å². The molecule has 0 unspecified atom stereocenters. The van der Waals surface area contributed by atoms with Gasteiger partial charge in [0, 0.05) is 35.4 Å². The summed E-state index contributed by atoms with van der Waals surface area (Å²) in [5, 5.41) is 4.81. The van der Waals surface area contributed by atoms with Crippen molar-refractivity contribution in [2.75, 3.05) is 7.11 Å². The smallest absolute Gasteiger partial charge is 0.217 e. The van der Waals surface area contributed by atoms with Gasteiger partial charge in [0.15, 0.2) is 0 Å². The maximum Gasteiger partial charge on any atom is 0.217 e. The first kappa shape index (κ1) is 15.4. The Morgan fingerprint density at radius 3 is 2.60 bits per heavy atom. The molecule has 0 saturated heterocycles. The molecule has 1 heterocycles. The van der Waals surface area contributed by atoms with Crippen LogP contribution in [0, 0.1) is 0 Å². The van der Waals surface area contributed by atoms with Gasteiger partial charge in [-0.15, -0.1) is 0 Å². The quantitative estimate of drug-likeness (QED) is 0.828. The molecule has 0 aliphatic rings. The normalized spacial score (nSPS) is 10.6. The summed E-state index contributed by atoms with van der Waals surface area (Å²) < 4.78 is 5.19. The summed E-state index contributed by atoms with van der Waals surface area (Å²) >= 11 is 18.2. The summed E-state index contributed by atoms with van der Waals surface area (Å²) in [5.74, 6) is 0.600. The second kappa shape index (κ2) is 7.14. The first-order valence-electron chi connectivity index (χ1n) is 5.94. The van der Waals surface area contributed by atoms with Crippen molar-refractivity contribution >= 4 is 34.8 Å². The van der Waals surface area contributed by atoms with Crippen molar-refractivity contribution in [2.24, 2.45) is 0 Å². The molecule has 0 spiro atoms. The van der Waals surface area contributed by atoms with Crippen LogP contribution in [0.4, 0.5) is 0 Å². The maximum atomic E-state index is 6.15. The third-order valence-electron chi connectivity index (χ3n) is 2.80. The van der Waals surface area contributed by atoms with Gasteiger partial charge in [0.2, 0.25) is 5.88 Å². The highest BCUT2D eigenvalue weighted by molar-refractivity contribution is 6.44. The minimum atomic E-state index is 0.477. The van der Waals surface area contributed by atoms with Crippen molar-refractivity contribution in [2.45, 2.75) is 13.1 Å². The van der Waals surface area contributed by atoms with Crippen LogP contribution in [-0.2, 0) is 13.1 Å². The summed E-state index contributed by atoms with van der Waals surface area (Å²) in [5.41, 5.74) is 1.74. The standard InChI is InChI=1S/C14H13Cl3N2O/c1-20-14-9(3-2-6-19-14)7-18-8-10-11(15)4-5-12(16)13(10)17/h2-6,18H,7-8H2,1H3. The minimum absolute atomic E-state index is 0.477. The van der Waals surface area contributed by atoms with Gasteiger partial charge in [-0.3, -0.25) is 0 Å². The van der Waals surface area contributed by atoms with Crippen LogP contribution in [0.15, 0.2) is 30.5 Å². The second-order valence-electron chi connectivity index (χ2n) is 4.10. The Hall–Kier alpha value is -1.000. The van der Waals surface area contributed by atoms with Crippen molar-refractivity contribution in [1.82, 2.24) is 10.3 Å². The highest BCUT2D eigenvalue weighted by Gasteiger charge is 2.10. The molecule has 3 nitrogen and oxygen atoms in total. The number of halogens is 3. The van der Waals surface area contributed by atoms with Crippen LogP contribution in [-0.4, -0.2) is 12.1 Å². The van der Waals surface area contributed by atoms with E-state index in [9.17, 15) is 0 Å². The van der Waals surface area contributed by atoms with Crippen molar-refractivity contribution < 1.29 is 4.74 Å². The van der Waals surface area contributed by atoms with Gasteiger partial charge in [-0.05, 0) is 18.2 Å². The number of hydrogen-bond donors (Lipinski definition) is 1. The SMILES string of the molecule is COc1ncccc1CNCc1c(Cl)ccc(Cl)c1Cl. The predicted molar refractivity (Wildman–Crippen MR) is 82.8 cm³/mol. The molecule has 0 saturated carbocycles. The molecule has 0 fully saturated rings. The molecule has 0 amide bonds. The zero-order valence-electron chi connectivity index (χ0n) is 10.8. The van der Waals surface area contributed by atoms with Crippen molar-refractivity contribution in [3.8, 4) is 5.88 Å². The van der Waals surface area contributed by atoms with E-state index in [0.29, 0.717) is 34.0 Å². The molecule has 20 heavy (non-hydrogen) atoms.